The van der Waals surface area contributed by atoms with Crippen LogP contribution in [-0.4, -0.2) is 77.8 Å². The van der Waals surface area contributed by atoms with Gasteiger partial charge in [-0.2, -0.15) is 5.26 Å². The molecule has 2 unspecified atom stereocenters. The average Bonchev–Trinajstić information content (AvgIpc) is 3.91. The van der Waals surface area contributed by atoms with Crippen molar-refractivity contribution in [2.24, 2.45) is 11.8 Å². The number of nitrogens with one attached hydrogen (secondary N) is 2. The predicted octanol–water partition coefficient (Wildman–Crippen LogP) is 5.47. The van der Waals surface area contributed by atoms with Crippen molar-refractivity contribution in [3.05, 3.63) is 113 Å². The maximum absolute atomic E-state index is 13.8. The number of hydrogen-bond acceptors (Lipinski definition) is 7. The summed E-state index contributed by atoms with van der Waals surface area (Å²) in [5.41, 5.74) is 5.04. The van der Waals surface area contributed by atoms with Gasteiger partial charge < -0.3 is 20.4 Å². The molecule has 1 aliphatic carbocycles. The number of piperazine rings is 1. The van der Waals surface area contributed by atoms with Gasteiger partial charge in [-0.15, -0.1) is 0 Å². The van der Waals surface area contributed by atoms with Crippen LogP contribution < -0.4 is 15.5 Å². The second-order valence-corrected chi connectivity index (χ2v) is 14.3. The van der Waals surface area contributed by atoms with Crippen molar-refractivity contribution < 1.29 is 18.8 Å². The van der Waals surface area contributed by atoms with Crippen molar-refractivity contribution in [2.45, 2.75) is 44.8 Å². The number of halogens is 1. The van der Waals surface area contributed by atoms with Gasteiger partial charge in [0.25, 0.3) is 5.91 Å². The van der Waals surface area contributed by atoms with E-state index in [1.54, 1.807) is 6.07 Å². The van der Waals surface area contributed by atoms with Crippen molar-refractivity contribution in [3.63, 3.8) is 0 Å². The SMILES string of the molecule is C[C@H](NC(=O)C1CC(C#N)CN1C(=O)CNC(=O)c1ccc2cc(F)ccc2n1)c1ccc(N2CCN(Cc3ccccc3)CC2)cc1/C=C/C1CC1. The zero-order chi connectivity index (χ0) is 36.9. The molecule has 2 N–H and O–H groups in total. The molecule has 3 aliphatic rings. The summed E-state index contributed by atoms with van der Waals surface area (Å²) < 4.78 is 13.6. The fourth-order valence-corrected chi connectivity index (χ4v) is 7.24. The van der Waals surface area contributed by atoms with Crippen LogP contribution in [0.3, 0.4) is 0 Å². The van der Waals surface area contributed by atoms with Gasteiger partial charge in [-0.1, -0.05) is 54.6 Å². The molecule has 1 aromatic heterocycles. The van der Waals surface area contributed by atoms with Crippen LogP contribution in [-0.2, 0) is 16.1 Å². The van der Waals surface area contributed by atoms with Gasteiger partial charge in [0.2, 0.25) is 11.8 Å². The average molecular weight is 714 g/mol. The van der Waals surface area contributed by atoms with E-state index >= 15 is 0 Å². The molecule has 2 aliphatic heterocycles. The van der Waals surface area contributed by atoms with Crippen molar-refractivity contribution in [1.29, 1.82) is 5.26 Å². The van der Waals surface area contributed by atoms with Crippen LogP contribution in [0.4, 0.5) is 10.1 Å². The van der Waals surface area contributed by atoms with Gasteiger partial charge in [-0.05, 0) is 85.2 Å². The number of aromatic nitrogens is 1. The summed E-state index contributed by atoms with van der Waals surface area (Å²) in [5.74, 6) is -1.70. The van der Waals surface area contributed by atoms with Crippen molar-refractivity contribution >= 4 is 40.4 Å². The Morgan fingerprint density at radius 2 is 1.79 bits per heavy atom. The summed E-state index contributed by atoms with van der Waals surface area (Å²) in [6.07, 6.45) is 7.01. The standard InChI is InChI=1S/C42H44FN7O3/c1-28(36-14-13-35(23-32(36)10-9-29-7-8-29)49-19-17-48(18-20-49)26-30-5-3-2-4-6-30)46-42(53)39-21-31(24-44)27-50(39)40(51)25-45-41(52)38-15-11-33-22-34(43)12-16-37(33)47-38/h2-6,9-16,22-23,28-29,31,39H,7-8,17-21,25-27H2,1H3,(H,45,52)(H,46,53)/b10-9+/t28-,31?,39?/m0/s1. The van der Waals surface area contributed by atoms with E-state index < -0.39 is 29.6 Å². The van der Waals surface area contributed by atoms with Crippen LogP contribution in [0.15, 0.2) is 84.9 Å². The number of carbonyl (C=O) groups is 3. The number of nitrogens with zero attached hydrogens (tertiary/aromatic N) is 5. The first-order chi connectivity index (χ1) is 25.7. The Balaban J connectivity index is 0.992. The lowest BCUT2D eigenvalue weighted by Crippen LogP contribution is -2.49. The van der Waals surface area contributed by atoms with Crippen LogP contribution in [0.25, 0.3) is 17.0 Å². The Labute approximate surface area is 309 Å². The summed E-state index contributed by atoms with van der Waals surface area (Å²) in [6, 6.07) is 25.1. The number of hydrogen-bond donors (Lipinski definition) is 2. The van der Waals surface area contributed by atoms with Gasteiger partial charge in [-0.25, -0.2) is 9.37 Å². The van der Waals surface area contributed by atoms with E-state index in [-0.39, 0.29) is 37.2 Å². The lowest BCUT2D eigenvalue weighted by atomic mass is 9.98. The summed E-state index contributed by atoms with van der Waals surface area (Å²) in [6.45, 7) is 6.43. The van der Waals surface area contributed by atoms with E-state index in [1.165, 1.54) is 47.6 Å². The molecule has 10 nitrogen and oxygen atoms in total. The van der Waals surface area contributed by atoms with Crippen LogP contribution >= 0.6 is 0 Å². The minimum atomic E-state index is -0.850. The van der Waals surface area contributed by atoms with E-state index in [4.69, 9.17) is 0 Å². The maximum atomic E-state index is 13.8. The van der Waals surface area contributed by atoms with Gasteiger partial charge in [-0.3, -0.25) is 19.3 Å². The molecular weight excluding hydrogens is 670 g/mol. The monoisotopic (exact) mass is 713 g/mol. The second kappa shape index (κ2) is 16.0. The van der Waals surface area contributed by atoms with Crippen molar-refractivity contribution in [3.8, 4) is 6.07 Å². The number of anilines is 1. The van der Waals surface area contributed by atoms with Crippen LogP contribution in [0.1, 0.15) is 59.4 Å². The van der Waals surface area contributed by atoms with Crippen LogP contribution in [0, 0.1) is 29.0 Å². The molecule has 0 radical (unpaired) electrons. The predicted molar refractivity (Wildman–Crippen MR) is 202 cm³/mol. The van der Waals surface area contributed by atoms with Gasteiger partial charge in [0.05, 0.1) is 30.1 Å². The number of pyridine rings is 1. The summed E-state index contributed by atoms with van der Waals surface area (Å²) in [7, 11) is 0. The highest BCUT2D eigenvalue weighted by atomic mass is 19.1. The molecule has 0 bridgehead atoms. The summed E-state index contributed by atoms with van der Waals surface area (Å²) >= 11 is 0. The van der Waals surface area contributed by atoms with Gasteiger partial charge >= 0.3 is 0 Å². The van der Waals surface area contributed by atoms with E-state index in [2.05, 4.69) is 86.1 Å². The van der Waals surface area contributed by atoms with E-state index in [0.29, 0.717) is 16.8 Å². The van der Waals surface area contributed by atoms with E-state index in [1.807, 2.05) is 13.0 Å². The highest BCUT2D eigenvalue weighted by Crippen LogP contribution is 2.33. The Bertz CT molecular complexity index is 2050. The van der Waals surface area contributed by atoms with Gasteiger partial charge in [0, 0.05) is 50.3 Å². The normalized spacial score (nSPS) is 19.6. The third-order valence-electron chi connectivity index (χ3n) is 10.4. The molecule has 3 heterocycles. The molecule has 2 saturated heterocycles. The fraction of sp³-hybridized carbons (Fsp3) is 0.357. The molecule has 272 valence electrons. The van der Waals surface area contributed by atoms with Crippen LogP contribution in [0.2, 0.25) is 0 Å². The zero-order valence-electron chi connectivity index (χ0n) is 29.9. The number of likely N-dealkylation sites (tertiary alicyclic amines) is 1. The smallest absolute Gasteiger partial charge is 0.270 e. The Hall–Kier alpha value is -5.60. The van der Waals surface area contributed by atoms with Gasteiger partial charge in [0.15, 0.2) is 0 Å². The number of allylic oxidation sites excluding steroid dienone is 1. The minimum Gasteiger partial charge on any atom is -0.369 e. The Morgan fingerprint density at radius 1 is 1.00 bits per heavy atom. The minimum absolute atomic E-state index is 0.0826. The lowest BCUT2D eigenvalue weighted by molar-refractivity contribution is -0.138. The topological polar surface area (TPSA) is 122 Å². The molecule has 3 aromatic carbocycles. The maximum Gasteiger partial charge on any atom is 0.270 e. The van der Waals surface area contributed by atoms with Crippen molar-refractivity contribution in [2.75, 3.05) is 44.2 Å². The molecule has 3 atom stereocenters. The van der Waals surface area contributed by atoms with Crippen molar-refractivity contribution in [1.82, 2.24) is 25.4 Å². The van der Waals surface area contributed by atoms with Gasteiger partial charge in [0.1, 0.15) is 17.6 Å². The molecule has 11 heteroatoms. The summed E-state index contributed by atoms with van der Waals surface area (Å²) in [4.78, 5) is 50.7. The number of nitriles is 1. The number of rotatable bonds is 11. The first-order valence-electron chi connectivity index (χ1n) is 18.4. The quantitative estimate of drug-likeness (QED) is 0.212. The number of carbonyl (C=O) groups excluding carboxylic acids is 3. The lowest BCUT2D eigenvalue weighted by Gasteiger charge is -2.36. The zero-order valence-corrected chi connectivity index (χ0v) is 29.9. The third-order valence-corrected chi connectivity index (χ3v) is 10.4. The number of amides is 3. The largest absolute Gasteiger partial charge is 0.369 e. The first-order valence-corrected chi connectivity index (χ1v) is 18.4. The number of fused-ring (bicyclic) bond motifs is 1. The Kier molecular flexibility index (Phi) is 10.8. The molecule has 4 aromatic rings. The fourth-order valence-electron chi connectivity index (χ4n) is 7.24. The molecule has 3 amide bonds. The van der Waals surface area contributed by atoms with E-state index in [0.717, 1.165) is 49.5 Å². The molecule has 1 saturated carbocycles. The summed E-state index contributed by atoms with van der Waals surface area (Å²) in [5, 5.41) is 16.0. The highest BCUT2D eigenvalue weighted by Gasteiger charge is 2.40. The van der Waals surface area contributed by atoms with Crippen LogP contribution in [0.5, 0.6) is 0 Å². The third kappa shape index (κ3) is 8.72. The number of benzene rings is 3. The molecule has 0 spiro atoms. The molecule has 53 heavy (non-hydrogen) atoms. The first kappa shape index (κ1) is 35.8. The highest BCUT2D eigenvalue weighted by molar-refractivity contribution is 5.97. The van der Waals surface area contributed by atoms with E-state index in [9.17, 15) is 24.0 Å². The molecular formula is C42H44FN7O3. The molecule has 3 fully saturated rings. The Morgan fingerprint density at radius 3 is 2.55 bits per heavy atom. The molecule has 7 rings (SSSR count). The second-order valence-electron chi connectivity index (χ2n) is 14.3.